The van der Waals surface area contributed by atoms with Crippen molar-refractivity contribution in [3.05, 3.63) is 92.3 Å². The Morgan fingerprint density at radius 3 is 2.43 bits per heavy atom. The molecular weight excluding hydrogens is 538 g/mol. The number of hydrogen-bond acceptors (Lipinski definition) is 8. The number of carbonyl (C=O) groups excluding carboxylic acids is 1. The van der Waals surface area contributed by atoms with Crippen LogP contribution < -0.4 is 21.3 Å². The largest absolute Gasteiger partial charge is 0.355 e. The number of para-hydroxylation sites is 1. The molecule has 5 heterocycles. The monoisotopic (exact) mass is 567 g/mol. The molecule has 0 unspecified atom stereocenters. The van der Waals surface area contributed by atoms with Gasteiger partial charge < -0.3 is 19.7 Å². The van der Waals surface area contributed by atoms with Gasteiger partial charge >= 0.3 is 0 Å². The molecular formula is C30H29N7O5. The smallest absolute Gasteiger partial charge is 0.295 e. The van der Waals surface area contributed by atoms with Gasteiger partial charge in [0.05, 0.1) is 30.2 Å². The standard InChI is InChI=1S/C30H29N7O5/c1-20-25(29(40)37(34(20)2)22-8-4-3-5-9-22)33-27(38)21(19-31)18-23-26(32-24-10-6-7-13-36(24)28(23)39)35-14-11-30(12-15-35)41-16-17-42-30/h3-10,13,18H,11-12,14-17H2,1-2H3,(H,33,38). The van der Waals surface area contributed by atoms with Crippen molar-refractivity contribution in [1.82, 2.24) is 18.7 Å². The molecule has 12 heteroatoms. The quantitative estimate of drug-likeness (QED) is 0.287. The Hall–Kier alpha value is -4.99. The molecule has 12 nitrogen and oxygen atoms in total. The highest BCUT2D eigenvalue weighted by Crippen LogP contribution is 2.33. The summed E-state index contributed by atoms with van der Waals surface area (Å²) >= 11 is 0. The second-order valence-electron chi connectivity index (χ2n) is 10.2. The number of piperidine rings is 1. The number of nitrogens with one attached hydrogen (secondary N) is 1. The summed E-state index contributed by atoms with van der Waals surface area (Å²) in [6.45, 7) is 3.80. The highest BCUT2D eigenvalue weighted by atomic mass is 16.7. The van der Waals surface area contributed by atoms with Crippen molar-refractivity contribution >= 4 is 29.1 Å². The van der Waals surface area contributed by atoms with Crippen LogP contribution in [0.15, 0.2) is 69.9 Å². The molecule has 214 valence electrons. The highest BCUT2D eigenvalue weighted by molar-refractivity contribution is 6.10. The summed E-state index contributed by atoms with van der Waals surface area (Å²) in [4.78, 5) is 47.1. The molecule has 2 fully saturated rings. The van der Waals surface area contributed by atoms with Gasteiger partial charge in [-0.2, -0.15) is 5.26 Å². The maximum atomic E-state index is 13.7. The van der Waals surface area contributed by atoms with Gasteiger partial charge in [0.15, 0.2) is 5.79 Å². The van der Waals surface area contributed by atoms with Gasteiger partial charge in [0.25, 0.3) is 17.0 Å². The summed E-state index contributed by atoms with van der Waals surface area (Å²) < 4.78 is 16.1. The molecule has 0 aliphatic carbocycles. The summed E-state index contributed by atoms with van der Waals surface area (Å²) in [7, 11) is 1.71. The average molecular weight is 568 g/mol. The molecule has 3 aromatic heterocycles. The van der Waals surface area contributed by atoms with Crippen molar-refractivity contribution in [2.24, 2.45) is 7.05 Å². The van der Waals surface area contributed by atoms with Gasteiger partial charge in [-0.15, -0.1) is 0 Å². The number of nitriles is 1. The van der Waals surface area contributed by atoms with Crippen LogP contribution in [0.5, 0.6) is 0 Å². The molecule has 0 saturated carbocycles. The number of pyridine rings is 1. The van der Waals surface area contributed by atoms with Gasteiger partial charge in [-0.05, 0) is 37.3 Å². The fourth-order valence-electron chi connectivity index (χ4n) is 5.49. The molecule has 42 heavy (non-hydrogen) atoms. The predicted octanol–water partition coefficient (Wildman–Crippen LogP) is 2.38. The van der Waals surface area contributed by atoms with Crippen LogP contribution in [0.2, 0.25) is 0 Å². The third kappa shape index (κ3) is 4.68. The molecule has 0 atom stereocenters. The highest BCUT2D eigenvalue weighted by Gasteiger charge is 2.40. The van der Waals surface area contributed by atoms with E-state index in [1.165, 1.54) is 15.2 Å². The molecule has 4 aromatic rings. The van der Waals surface area contributed by atoms with E-state index in [-0.39, 0.29) is 16.8 Å². The van der Waals surface area contributed by atoms with Crippen molar-refractivity contribution in [1.29, 1.82) is 5.26 Å². The zero-order chi connectivity index (χ0) is 29.4. The maximum absolute atomic E-state index is 13.7. The van der Waals surface area contributed by atoms with E-state index in [2.05, 4.69) is 5.32 Å². The van der Waals surface area contributed by atoms with Crippen LogP contribution in [0.1, 0.15) is 24.1 Å². The maximum Gasteiger partial charge on any atom is 0.295 e. The van der Waals surface area contributed by atoms with Crippen LogP contribution in [0, 0.1) is 18.3 Å². The number of rotatable bonds is 5. The molecule has 2 aliphatic heterocycles. The summed E-state index contributed by atoms with van der Waals surface area (Å²) in [5.41, 5.74) is 0.497. The van der Waals surface area contributed by atoms with Gasteiger partial charge in [0.1, 0.15) is 28.8 Å². The Morgan fingerprint density at radius 1 is 1.05 bits per heavy atom. The number of anilines is 2. The molecule has 6 rings (SSSR count). The van der Waals surface area contributed by atoms with Crippen LogP contribution in [0.25, 0.3) is 17.4 Å². The second-order valence-corrected chi connectivity index (χ2v) is 10.2. The lowest BCUT2D eigenvalue weighted by molar-refractivity contribution is -0.169. The van der Waals surface area contributed by atoms with Gasteiger partial charge in [0, 0.05) is 39.2 Å². The summed E-state index contributed by atoms with van der Waals surface area (Å²) in [6.07, 6.45) is 4.00. The first-order chi connectivity index (χ1) is 20.3. The van der Waals surface area contributed by atoms with E-state index >= 15 is 0 Å². The number of benzene rings is 1. The molecule has 0 radical (unpaired) electrons. The molecule has 1 spiro atoms. The third-order valence-corrected chi connectivity index (χ3v) is 7.83. The van der Waals surface area contributed by atoms with E-state index in [1.54, 1.807) is 55.2 Å². The van der Waals surface area contributed by atoms with Crippen LogP contribution in [-0.2, 0) is 21.3 Å². The van der Waals surface area contributed by atoms with Gasteiger partial charge in [-0.1, -0.05) is 24.3 Å². The Balaban J connectivity index is 1.37. The summed E-state index contributed by atoms with van der Waals surface area (Å²) in [6, 6.07) is 16.1. The molecule has 1 N–H and O–H groups in total. The van der Waals surface area contributed by atoms with Crippen LogP contribution >= 0.6 is 0 Å². The van der Waals surface area contributed by atoms with Crippen LogP contribution in [0.3, 0.4) is 0 Å². The number of hydrogen-bond donors (Lipinski definition) is 1. The van der Waals surface area contributed by atoms with Crippen LogP contribution in [0.4, 0.5) is 11.5 Å². The minimum atomic E-state index is -0.808. The average Bonchev–Trinajstić information content (AvgIpc) is 3.55. The van der Waals surface area contributed by atoms with E-state index in [4.69, 9.17) is 14.5 Å². The number of nitrogens with zero attached hydrogens (tertiary/aromatic N) is 6. The van der Waals surface area contributed by atoms with Crippen molar-refractivity contribution in [2.45, 2.75) is 25.6 Å². The lowest BCUT2D eigenvalue weighted by Gasteiger charge is -2.38. The minimum Gasteiger partial charge on any atom is -0.355 e. The lowest BCUT2D eigenvalue weighted by Crippen LogP contribution is -2.46. The van der Waals surface area contributed by atoms with E-state index in [0.717, 1.165) is 0 Å². The van der Waals surface area contributed by atoms with E-state index in [1.807, 2.05) is 29.2 Å². The fraction of sp³-hybridized carbons (Fsp3) is 0.300. The Labute approximate surface area is 240 Å². The number of carbonyl (C=O) groups is 1. The van der Waals surface area contributed by atoms with Gasteiger partial charge in [0.2, 0.25) is 0 Å². The first-order valence-electron chi connectivity index (χ1n) is 13.6. The van der Waals surface area contributed by atoms with E-state index in [0.29, 0.717) is 62.0 Å². The van der Waals surface area contributed by atoms with Crippen LogP contribution in [-0.4, -0.2) is 56.7 Å². The van der Waals surface area contributed by atoms with Gasteiger partial charge in [-0.25, -0.2) is 9.67 Å². The summed E-state index contributed by atoms with van der Waals surface area (Å²) in [5.74, 6) is -1.07. The number of aromatic nitrogens is 4. The molecule has 2 aliphatic rings. The Bertz CT molecular complexity index is 1860. The van der Waals surface area contributed by atoms with Gasteiger partial charge in [-0.3, -0.25) is 23.5 Å². The van der Waals surface area contributed by atoms with Crippen molar-refractivity contribution in [2.75, 3.05) is 36.5 Å². The molecule has 1 amide bonds. The zero-order valence-corrected chi connectivity index (χ0v) is 23.2. The van der Waals surface area contributed by atoms with Crippen molar-refractivity contribution < 1.29 is 14.3 Å². The lowest BCUT2D eigenvalue weighted by atomic mass is 10.0. The fourth-order valence-corrected chi connectivity index (χ4v) is 5.49. The Morgan fingerprint density at radius 2 is 1.74 bits per heavy atom. The van der Waals surface area contributed by atoms with Crippen molar-refractivity contribution in [3.8, 4) is 11.8 Å². The molecule has 2 saturated heterocycles. The van der Waals surface area contributed by atoms with E-state index in [9.17, 15) is 19.6 Å². The summed E-state index contributed by atoms with van der Waals surface area (Å²) in [5, 5.41) is 12.6. The number of ether oxygens (including phenoxy) is 2. The second kappa shape index (κ2) is 10.8. The number of fused-ring (bicyclic) bond motifs is 1. The minimum absolute atomic E-state index is 0.0407. The SMILES string of the molecule is Cc1c(NC(=O)C(C#N)=Cc2c(N3CCC4(CC3)OCCO4)nc3ccccn3c2=O)c(=O)n(-c2ccccc2)n1C. The molecule has 1 aromatic carbocycles. The predicted molar refractivity (Wildman–Crippen MR) is 156 cm³/mol. The normalized spacial score (nSPS) is 16.6. The third-order valence-electron chi connectivity index (χ3n) is 7.83. The Kier molecular flexibility index (Phi) is 6.97. The number of amides is 1. The first-order valence-corrected chi connectivity index (χ1v) is 13.6. The van der Waals surface area contributed by atoms with E-state index < -0.39 is 22.8 Å². The topological polar surface area (TPSA) is 136 Å². The first kappa shape index (κ1) is 27.2. The molecule has 0 bridgehead atoms. The van der Waals surface area contributed by atoms with Crippen molar-refractivity contribution in [3.63, 3.8) is 0 Å². The zero-order valence-electron chi connectivity index (χ0n) is 23.2.